The highest BCUT2D eigenvalue weighted by molar-refractivity contribution is 7.99. The fourth-order valence-electron chi connectivity index (χ4n) is 3.93. The van der Waals surface area contributed by atoms with Gasteiger partial charge in [0.2, 0.25) is 5.95 Å². The van der Waals surface area contributed by atoms with Crippen LogP contribution >= 0.6 is 11.8 Å². The Balaban J connectivity index is 1.49. The number of nitrogens with zero attached hydrogens (tertiary/aromatic N) is 4. The molecule has 6 nitrogen and oxygen atoms in total. The average Bonchev–Trinajstić information content (AvgIpc) is 3.38. The van der Waals surface area contributed by atoms with Gasteiger partial charge in [0.05, 0.1) is 18.4 Å². The number of hydrogen-bond donors (Lipinski definition) is 0. The van der Waals surface area contributed by atoms with Gasteiger partial charge in [-0.2, -0.15) is 0 Å². The molecule has 1 aromatic heterocycles. The van der Waals surface area contributed by atoms with Crippen LogP contribution in [0.3, 0.4) is 0 Å². The quantitative estimate of drug-likeness (QED) is 0.505. The number of aromatic nitrogens is 3. The zero-order valence-corrected chi connectivity index (χ0v) is 18.2. The SMILES string of the molecule is Cc1ccc(C(=O)CSc2nnc(N3CCC(C)CC3)n2CC2CCCO2)cc1. The van der Waals surface area contributed by atoms with Gasteiger partial charge in [0.15, 0.2) is 10.9 Å². The molecule has 2 saturated heterocycles. The third kappa shape index (κ3) is 5.01. The summed E-state index contributed by atoms with van der Waals surface area (Å²) >= 11 is 1.48. The Kier molecular flexibility index (Phi) is 6.55. The van der Waals surface area contributed by atoms with Gasteiger partial charge in [0.1, 0.15) is 0 Å². The molecule has 2 aliphatic heterocycles. The van der Waals surface area contributed by atoms with Crippen LogP contribution in [-0.2, 0) is 11.3 Å². The Bertz CT molecular complexity index is 822. The monoisotopic (exact) mass is 414 g/mol. The number of carbonyl (C=O) groups excluding carboxylic acids is 1. The van der Waals surface area contributed by atoms with Gasteiger partial charge in [0, 0.05) is 25.3 Å². The summed E-state index contributed by atoms with van der Waals surface area (Å²) in [6.45, 7) is 7.95. The zero-order chi connectivity index (χ0) is 20.2. The summed E-state index contributed by atoms with van der Waals surface area (Å²) in [5.41, 5.74) is 1.91. The highest BCUT2D eigenvalue weighted by Crippen LogP contribution is 2.28. The summed E-state index contributed by atoms with van der Waals surface area (Å²) in [6.07, 6.45) is 4.75. The van der Waals surface area contributed by atoms with Gasteiger partial charge >= 0.3 is 0 Å². The maximum absolute atomic E-state index is 12.6. The fraction of sp³-hybridized carbons (Fsp3) is 0.591. The minimum Gasteiger partial charge on any atom is -0.376 e. The Morgan fingerprint density at radius 3 is 2.62 bits per heavy atom. The Hall–Kier alpha value is -1.86. The van der Waals surface area contributed by atoms with Gasteiger partial charge in [0.25, 0.3) is 0 Å². The molecule has 156 valence electrons. The summed E-state index contributed by atoms with van der Waals surface area (Å²) in [7, 11) is 0. The standard InChI is InChI=1S/C22H30N4O2S/c1-16-5-7-18(8-6-16)20(27)15-29-22-24-23-21(25-11-9-17(2)10-12-25)26(22)14-19-4-3-13-28-19/h5-8,17,19H,3-4,9-15H2,1-2H3. The lowest BCUT2D eigenvalue weighted by molar-refractivity contribution is 0.0951. The Morgan fingerprint density at radius 2 is 1.93 bits per heavy atom. The molecule has 0 radical (unpaired) electrons. The molecule has 7 heteroatoms. The van der Waals surface area contributed by atoms with E-state index in [0.717, 1.165) is 67.2 Å². The molecule has 0 N–H and O–H groups in total. The molecule has 0 spiro atoms. The predicted octanol–water partition coefficient (Wildman–Crippen LogP) is 3.98. The van der Waals surface area contributed by atoms with E-state index in [1.807, 2.05) is 31.2 Å². The van der Waals surface area contributed by atoms with Crippen molar-refractivity contribution in [2.24, 2.45) is 5.92 Å². The van der Waals surface area contributed by atoms with E-state index in [2.05, 4.69) is 26.6 Å². The lowest BCUT2D eigenvalue weighted by Crippen LogP contribution is -2.35. The molecule has 0 amide bonds. The first-order chi connectivity index (χ1) is 14.1. The van der Waals surface area contributed by atoms with E-state index in [-0.39, 0.29) is 11.9 Å². The lowest BCUT2D eigenvalue weighted by atomic mass is 10.00. The third-order valence-electron chi connectivity index (χ3n) is 5.88. The Morgan fingerprint density at radius 1 is 1.17 bits per heavy atom. The highest BCUT2D eigenvalue weighted by Gasteiger charge is 2.26. The van der Waals surface area contributed by atoms with Crippen molar-refractivity contribution in [1.29, 1.82) is 0 Å². The molecule has 1 aromatic carbocycles. The number of ketones is 1. The smallest absolute Gasteiger partial charge is 0.228 e. The third-order valence-corrected chi connectivity index (χ3v) is 6.85. The number of rotatable bonds is 7. The van der Waals surface area contributed by atoms with Crippen LogP contribution in [0.2, 0.25) is 0 Å². The van der Waals surface area contributed by atoms with Crippen molar-refractivity contribution in [3.8, 4) is 0 Å². The van der Waals surface area contributed by atoms with Crippen molar-refractivity contribution in [3.63, 3.8) is 0 Å². The molecule has 0 aliphatic carbocycles. The molecule has 4 rings (SSSR count). The minimum atomic E-state index is 0.120. The van der Waals surface area contributed by atoms with Gasteiger partial charge in [-0.05, 0) is 38.5 Å². The molecular weight excluding hydrogens is 384 g/mol. The van der Waals surface area contributed by atoms with Crippen molar-refractivity contribution in [2.45, 2.75) is 57.3 Å². The molecule has 0 bridgehead atoms. The predicted molar refractivity (Wildman–Crippen MR) is 116 cm³/mol. The first kappa shape index (κ1) is 20.4. The summed E-state index contributed by atoms with van der Waals surface area (Å²) in [6, 6.07) is 7.76. The number of ether oxygens (including phenoxy) is 1. The molecule has 2 aliphatic rings. The molecule has 1 atom stereocenters. The molecule has 2 fully saturated rings. The summed E-state index contributed by atoms with van der Waals surface area (Å²) in [4.78, 5) is 15.0. The first-order valence-electron chi connectivity index (χ1n) is 10.6. The number of piperidine rings is 1. The number of hydrogen-bond acceptors (Lipinski definition) is 6. The van der Waals surface area contributed by atoms with Crippen molar-refractivity contribution >= 4 is 23.5 Å². The summed E-state index contributed by atoms with van der Waals surface area (Å²) < 4.78 is 8.06. The van der Waals surface area contributed by atoms with Crippen LogP contribution in [0, 0.1) is 12.8 Å². The van der Waals surface area contributed by atoms with E-state index in [9.17, 15) is 4.79 Å². The molecule has 0 saturated carbocycles. The van der Waals surface area contributed by atoms with Crippen molar-refractivity contribution in [3.05, 3.63) is 35.4 Å². The van der Waals surface area contributed by atoms with Crippen molar-refractivity contribution < 1.29 is 9.53 Å². The van der Waals surface area contributed by atoms with E-state index in [1.54, 1.807) is 0 Å². The number of benzene rings is 1. The van der Waals surface area contributed by atoms with Gasteiger partial charge in [-0.3, -0.25) is 9.36 Å². The fourth-order valence-corrected chi connectivity index (χ4v) is 4.77. The largest absolute Gasteiger partial charge is 0.376 e. The molecular formula is C22H30N4O2S. The second-order valence-corrected chi connectivity index (χ2v) is 9.22. The highest BCUT2D eigenvalue weighted by atomic mass is 32.2. The van der Waals surface area contributed by atoms with Gasteiger partial charge in [-0.25, -0.2) is 0 Å². The summed E-state index contributed by atoms with van der Waals surface area (Å²) in [5.74, 6) is 2.18. The summed E-state index contributed by atoms with van der Waals surface area (Å²) in [5, 5.41) is 9.79. The van der Waals surface area contributed by atoms with Crippen LogP contribution in [0.25, 0.3) is 0 Å². The number of Topliss-reactive ketones (excluding diaryl/α,β-unsaturated/α-hetero) is 1. The Labute approximate surface area is 177 Å². The maximum atomic E-state index is 12.6. The molecule has 2 aromatic rings. The van der Waals surface area contributed by atoms with E-state index in [0.29, 0.717) is 5.75 Å². The minimum absolute atomic E-state index is 0.120. The number of carbonyl (C=O) groups is 1. The second kappa shape index (κ2) is 9.30. The van der Waals surface area contributed by atoms with E-state index >= 15 is 0 Å². The molecule has 3 heterocycles. The number of thioether (sulfide) groups is 1. The van der Waals surface area contributed by atoms with E-state index in [1.165, 1.54) is 24.6 Å². The van der Waals surface area contributed by atoms with Gasteiger partial charge in [-0.15, -0.1) is 10.2 Å². The second-order valence-electron chi connectivity index (χ2n) is 8.28. The maximum Gasteiger partial charge on any atom is 0.228 e. The van der Waals surface area contributed by atoms with Gasteiger partial charge in [-0.1, -0.05) is 48.5 Å². The van der Waals surface area contributed by atoms with Crippen LogP contribution in [0.15, 0.2) is 29.4 Å². The molecule has 1 unspecified atom stereocenters. The van der Waals surface area contributed by atoms with Crippen LogP contribution < -0.4 is 4.90 Å². The topological polar surface area (TPSA) is 60.2 Å². The van der Waals surface area contributed by atoms with Crippen molar-refractivity contribution in [1.82, 2.24) is 14.8 Å². The van der Waals surface area contributed by atoms with Crippen LogP contribution in [-0.4, -0.2) is 52.1 Å². The number of aryl methyl sites for hydroxylation is 1. The first-order valence-corrected chi connectivity index (χ1v) is 11.6. The average molecular weight is 415 g/mol. The zero-order valence-electron chi connectivity index (χ0n) is 17.3. The lowest BCUT2D eigenvalue weighted by Gasteiger charge is -2.31. The molecule has 29 heavy (non-hydrogen) atoms. The normalized spacial score (nSPS) is 20.3. The van der Waals surface area contributed by atoms with Gasteiger partial charge < -0.3 is 9.64 Å². The van der Waals surface area contributed by atoms with Crippen LogP contribution in [0.4, 0.5) is 5.95 Å². The van der Waals surface area contributed by atoms with Crippen LogP contribution in [0.1, 0.15) is 48.5 Å². The van der Waals surface area contributed by atoms with E-state index < -0.39 is 0 Å². The van der Waals surface area contributed by atoms with Crippen molar-refractivity contribution in [2.75, 3.05) is 30.3 Å². The number of anilines is 1. The van der Waals surface area contributed by atoms with Crippen LogP contribution in [0.5, 0.6) is 0 Å². The van der Waals surface area contributed by atoms with E-state index in [4.69, 9.17) is 4.74 Å².